The van der Waals surface area contributed by atoms with Crippen LogP contribution in [0.1, 0.15) is 11.1 Å². The maximum atomic E-state index is 12.1. The van der Waals surface area contributed by atoms with Crippen LogP contribution in [0, 0.1) is 6.92 Å². The van der Waals surface area contributed by atoms with Crippen LogP contribution in [-0.2, 0) is 16.6 Å². The Morgan fingerprint density at radius 2 is 1.89 bits per heavy atom. The van der Waals surface area contributed by atoms with E-state index in [1.807, 2.05) is 31.2 Å². The summed E-state index contributed by atoms with van der Waals surface area (Å²) in [7, 11) is -3.53. The third-order valence-electron chi connectivity index (χ3n) is 2.58. The third-order valence-corrected chi connectivity index (χ3v) is 4.38. The van der Waals surface area contributed by atoms with Gasteiger partial charge in [-0.2, -0.15) is 0 Å². The predicted octanol–water partition coefficient (Wildman–Crippen LogP) is 2.63. The summed E-state index contributed by atoms with van der Waals surface area (Å²) >= 11 is 3.20. The zero-order chi connectivity index (χ0) is 13.9. The zero-order valence-corrected chi connectivity index (χ0v) is 12.7. The van der Waals surface area contributed by atoms with E-state index in [9.17, 15) is 8.42 Å². The smallest absolute Gasteiger partial charge is 0.242 e. The average Bonchev–Trinajstić information content (AvgIpc) is 2.38. The Balaban J connectivity index is 2.12. The highest BCUT2D eigenvalue weighted by Gasteiger charge is 2.14. The molecule has 0 saturated carbocycles. The summed E-state index contributed by atoms with van der Waals surface area (Å²) < 4.78 is 27.3. The van der Waals surface area contributed by atoms with Crippen molar-refractivity contribution >= 4 is 26.0 Å². The van der Waals surface area contributed by atoms with Crippen LogP contribution in [0.4, 0.5) is 0 Å². The zero-order valence-electron chi connectivity index (χ0n) is 10.3. The summed E-state index contributed by atoms with van der Waals surface area (Å²) in [6, 6.07) is 9.22. The number of nitrogens with zero attached hydrogens (tertiary/aromatic N) is 1. The second-order valence-corrected chi connectivity index (χ2v) is 6.83. The lowest BCUT2D eigenvalue weighted by atomic mass is 10.2. The number of aromatic nitrogens is 1. The van der Waals surface area contributed by atoms with Crippen LogP contribution >= 0.6 is 15.9 Å². The Kier molecular flexibility index (Phi) is 4.34. The van der Waals surface area contributed by atoms with E-state index in [0.717, 1.165) is 11.1 Å². The molecule has 0 bridgehead atoms. The van der Waals surface area contributed by atoms with Crippen LogP contribution in [0.3, 0.4) is 0 Å². The van der Waals surface area contributed by atoms with E-state index < -0.39 is 10.0 Å². The largest absolute Gasteiger partial charge is 0.262 e. The first-order chi connectivity index (χ1) is 8.97. The number of hydrogen-bond donors (Lipinski definition) is 1. The highest BCUT2D eigenvalue weighted by molar-refractivity contribution is 9.10. The lowest BCUT2D eigenvalue weighted by molar-refractivity contribution is 0.581. The molecule has 0 amide bonds. The van der Waals surface area contributed by atoms with E-state index in [1.54, 1.807) is 6.20 Å². The highest BCUT2D eigenvalue weighted by atomic mass is 79.9. The number of halogens is 1. The maximum absolute atomic E-state index is 12.1. The van der Waals surface area contributed by atoms with Gasteiger partial charge >= 0.3 is 0 Å². The van der Waals surface area contributed by atoms with Crippen LogP contribution in [0.5, 0.6) is 0 Å². The van der Waals surface area contributed by atoms with Crippen molar-refractivity contribution in [1.82, 2.24) is 9.71 Å². The number of benzene rings is 1. The van der Waals surface area contributed by atoms with E-state index in [-0.39, 0.29) is 11.4 Å². The summed E-state index contributed by atoms with van der Waals surface area (Å²) in [6.45, 7) is 2.25. The van der Waals surface area contributed by atoms with Crippen LogP contribution in [0.25, 0.3) is 0 Å². The minimum Gasteiger partial charge on any atom is -0.262 e. The number of rotatable bonds is 4. The Hall–Kier alpha value is -1.24. The second kappa shape index (κ2) is 5.81. The number of hydrogen-bond acceptors (Lipinski definition) is 3. The fourth-order valence-corrected chi connectivity index (χ4v) is 3.03. The molecule has 0 radical (unpaired) electrons. The van der Waals surface area contributed by atoms with Crippen molar-refractivity contribution in [3.63, 3.8) is 0 Å². The van der Waals surface area contributed by atoms with Crippen molar-refractivity contribution in [3.05, 3.63) is 58.3 Å². The van der Waals surface area contributed by atoms with Crippen molar-refractivity contribution in [2.75, 3.05) is 0 Å². The molecule has 0 aliphatic heterocycles. The molecule has 0 unspecified atom stereocenters. The van der Waals surface area contributed by atoms with Crippen molar-refractivity contribution in [2.24, 2.45) is 0 Å². The van der Waals surface area contributed by atoms with Crippen LogP contribution in [0.15, 0.2) is 52.1 Å². The first kappa shape index (κ1) is 14.2. The first-order valence-electron chi connectivity index (χ1n) is 5.63. The predicted molar refractivity (Wildman–Crippen MR) is 77.1 cm³/mol. The molecule has 19 heavy (non-hydrogen) atoms. The van der Waals surface area contributed by atoms with Crippen molar-refractivity contribution in [2.45, 2.75) is 18.4 Å². The summed E-state index contributed by atoms with van der Waals surface area (Å²) in [5, 5.41) is 0. The van der Waals surface area contributed by atoms with E-state index in [4.69, 9.17) is 0 Å². The molecule has 0 aliphatic rings. The van der Waals surface area contributed by atoms with Gasteiger partial charge in [0.15, 0.2) is 0 Å². The van der Waals surface area contributed by atoms with Crippen LogP contribution < -0.4 is 4.72 Å². The van der Waals surface area contributed by atoms with E-state index in [0.29, 0.717) is 4.47 Å². The van der Waals surface area contributed by atoms with E-state index in [1.165, 1.54) is 12.3 Å². The summed E-state index contributed by atoms with van der Waals surface area (Å²) in [6.07, 6.45) is 2.86. The van der Waals surface area contributed by atoms with Crippen molar-refractivity contribution < 1.29 is 8.42 Å². The molecule has 1 aromatic carbocycles. The molecular formula is C13H13BrN2O2S. The molecule has 0 fully saturated rings. The van der Waals surface area contributed by atoms with Gasteiger partial charge in [-0.1, -0.05) is 29.8 Å². The molecule has 1 aromatic heterocycles. The van der Waals surface area contributed by atoms with Crippen LogP contribution in [0.2, 0.25) is 0 Å². The number of aryl methyl sites for hydroxylation is 1. The molecular weight excluding hydrogens is 328 g/mol. The summed E-state index contributed by atoms with van der Waals surface area (Å²) in [5.74, 6) is 0. The van der Waals surface area contributed by atoms with Gasteiger partial charge in [0, 0.05) is 23.4 Å². The lowest BCUT2D eigenvalue weighted by Gasteiger charge is -2.07. The minimum atomic E-state index is -3.53. The van der Waals surface area contributed by atoms with Gasteiger partial charge in [0.1, 0.15) is 4.90 Å². The van der Waals surface area contributed by atoms with Gasteiger partial charge in [0.25, 0.3) is 0 Å². The van der Waals surface area contributed by atoms with Gasteiger partial charge in [0.2, 0.25) is 10.0 Å². The molecule has 0 aliphatic carbocycles. The molecule has 2 aromatic rings. The topological polar surface area (TPSA) is 59.1 Å². The maximum Gasteiger partial charge on any atom is 0.242 e. The quantitative estimate of drug-likeness (QED) is 0.930. The Labute approximate surface area is 121 Å². The van der Waals surface area contributed by atoms with Gasteiger partial charge in [0.05, 0.1) is 0 Å². The number of nitrogens with one attached hydrogen (secondary N) is 1. The Bertz CT molecular complexity index is 669. The standard InChI is InChI=1S/C13H13BrN2O2S/c1-10-2-4-11(5-3-10)7-16-19(17,18)13-6-12(14)8-15-9-13/h2-6,8-9,16H,7H2,1H3. The first-order valence-corrected chi connectivity index (χ1v) is 7.91. The number of pyridine rings is 1. The van der Waals surface area contributed by atoms with Gasteiger partial charge in [-0.3, -0.25) is 4.98 Å². The third kappa shape index (κ3) is 3.86. The summed E-state index contributed by atoms with van der Waals surface area (Å²) in [4.78, 5) is 4.00. The van der Waals surface area contributed by atoms with Crippen molar-refractivity contribution in [1.29, 1.82) is 0 Å². The lowest BCUT2D eigenvalue weighted by Crippen LogP contribution is -2.23. The second-order valence-electron chi connectivity index (χ2n) is 4.15. The Morgan fingerprint density at radius 3 is 2.53 bits per heavy atom. The molecule has 0 saturated heterocycles. The van der Waals surface area contributed by atoms with Crippen LogP contribution in [-0.4, -0.2) is 13.4 Å². The fraction of sp³-hybridized carbons (Fsp3) is 0.154. The minimum absolute atomic E-state index is 0.147. The van der Waals surface area contributed by atoms with Gasteiger partial charge in [-0.05, 0) is 34.5 Å². The monoisotopic (exact) mass is 340 g/mol. The molecule has 1 N–H and O–H groups in total. The van der Waals surface area contributed by atoms with Crippen molar-refractivity contribution in [3.8, 4) is 0 Å². The molecule has 0 spiro atoms. The average molecular weight is 341 g/mol. The molecule has 2 rings (SSSR count). The van der Waals surface area contributed by atoms with Gasteiger partial charge in [-0.25, -0.2) is 13.1 Å². The SMILES string of the molecule is Cc1ccc(CNS(=O)(=O)c2cncc(Br)c2)cc1. The van der Waals surface area contributed by atoms with Gasteiger partial charge in [-0.15, -0.1) is 0 Å². The van der Waals surface area contributed by atoms with E-state index in [2.05, 4.69) is 25.6 Å². The summed E-state index contributed by atoms with van der Waals surface area (Å²) in [5.41, 5.74) is 2.06. The highest BCUT2D eigenvalue weighted by Crippen LogP contribution is 2.14. The van der Waals surface area contributed by atoms with E-state index >= 15 is 0 Å². The molecule has 6 heteroatoms. The normalized spacial score (nSPS) is 11.5. The molecule has 1 heterocycles. The molecule has 4 nitrogen and oxygen atoms in total. The molecule has 0 atom stereocenters. The molecule has 100 valence electrons. The van der Waals surface area contributed by atoms with Gasteiger partial charge < -0.3 is 0 Å². The number of sulfonamides is 1. The fourth-order valence-electron chi connectivity index (χ4n) is 1.51. The Morgan fingerprint density at radius 1 is 1.21 bits per heavy atom.